The molecule has 5 rings (SSSR count). The fourth-order valence-electron chi connectivity index (χ4n) is 5.56. The van der Waals surface area contributed by atoms with Crippen molar-refractivity contribution in [1.82, 2.24) is 25.1 Å². The number of carboxylic acid groups (broad SMARTS) is 1. The number of carbonyl (C=O) groups excluding carboxylic acids is 3. The van der Waals surface area contributed by atoms with Gasteiger partial charge < -0.3 is 35.3 Å². The van der Waals surface area contributed by atoms with Crippen LogP contribution in [0.15, 0.2) is 36.5 Å². The highest BCUT2D eigenvalue weighted by molar-refractivity contribution is 6.34. The largest absolute Gasteiger partial charge is 0.494 e. The Morgan fingerprint density at radius 2 is 1.74 bits per heavy atom. The summed E-state index contributed by atoms with van der Waals surface area (Å²) in [7, 11) is 2.74. The molecule has 46 heavy (non-hydrogen) atoms. The molecule has 1 aromatic heterocycles. The number of imidazole rings is 1. The summed E-state index contributed by atoms with van der Waals surface area (Å²) < 4.78 is 35.0. The molecule has 246 valence electrons. The molecule has 3 aromatic rings. The number of ether oxygens (including phenoxy) is 1. The quantitative estimate of drug-likeness (QED) is 0.280. The number of amides is 3. The fourth-order valence-corrected chi connectivity index (χ4v) is 5.82. The van der Waals surface area contributed by atoms with Gasteiger partial charge in [0.1, 0.15) is 0 Å². The molecule has 2 saturated heterocycles. The predicted octanol–water partition coefficient (Wildman–Crippen LogP) is 3.70. The van der Waals surface area contributed by atoms with Gasteiger partial charge in [-0.15, -0.1) is 0 Å². The first-order valence-corrected chi connectivity index (χ1v) is 15.0. The molecule has 3 heterocycles. The zero-order valence-electron chi connectivity index (χ0n) is 25.3. The molecular weight excluding hydrogens is 626 g/mol. The van der Waals surface area contributed by atoms with Gasteiger partial charge in [-0.25, -0.2) is 9.37 Å². The van der Waals surface area contributed by atoms with Crippen molar-refractivity contribution in [3.05, 3.63) is 64.6 Å². The van der Waals surface area contributed by atoms with Crippen molar-refractivity contribution in [1.29, 1.82) is 0 Å². The maximum atomic E-state index is 14.6. The standard InChI is InChI=1S/C30H33ClF2N6O4.CH2O2/c1-38-23(21-5-6-24(43-2)26(33)25(21)32)16-35-27(38)29(41)37-19-3-4-20(22(31)15-19)28(40)36-18-9-13-39(14-10-18)30(42)17-7-11-34-12-8-17;2-1-3/h3-6,15-18,34H,7-14H2,1-2H3,(H,36,40)(H,37,41);1H,(H,2,3). The summed E-state index contributed by atoms with van der Waals surface area (Å²) in [5.74, 6) is -3.21. The van der Waals surface area contributed by atoms with Gasteiger partial charge in [-0.3, -0.25) is 19.2 Å². The minimum atomic E-state index is -1.14. The van der Waals surface area contributed by atoms with Crippen LogP contribution < -0.4 is 20.7 Å². The predicted molar refractivity (Wildman–Crippen MR) is 166 cm³/mol. The molecule has 0 saturated carbocycles. The summed E-state index contributed by atoms with van der Waals surface area (Å²) in [4.78, 5) is 53.1. The van der Waals surface area contributed by atoms with Crippen LogP contribution in [0.2, 0.25) is 5.02 Å². The highest BCUT2D eigenvalue weighted by atomic mass is 35.5. The van der Waals surface area contributed by atoms with Gasteiger partial charge in [0.2, 0.25) is 11.7 Å². The van der Waals surface area contributed by atoms with E-state index in [1.165, 1.54) is 49.2 Å². The molecule has 0 bridgehead atoms. The topological polar surface area (TPSA) is 155 Å². The maximum absolute atomic E-state index is 14.6. The van der Waals surface area contributed by atoms with Crippen LogP contribution in [0.4, 0.5) is 14.5 Å². The molecule has 0 unspecified atom stereocenters. The van der Waals surface area contributed by atoms with Crippen LogP contribution in [0.25, 0.3) is 11.3 Å². The molecule has 0 aliphatic carbocycles. The molecule has 0 radical (unpaired) electrons. The molecule has 3 amide bonds. The number of aromatic nitrogens is 2. The minimum absolute atomic E-state index is 0.0476. The normalized spacial score (nSPS) is 15.4. The van der Waals surface area contributed by atoms with Crippen LogP contribution in [0, 0.1) is 17.6 Å². The van der Waals surface area contributed by atoms with Crippen molar-refractivity contribution in [2.45, 2.75) is 31.7 Å². The smallest absolute Gasteiger partial charge is 0.291 e. The summed E-state index contributed by atoms with van der Waals surface area (Å²) in [6.45, 7) is 2.68. The van der Waals surface area contributed by atoms with E-state index in [4.69, 9.17) is 26.2 Å². The van der Waals surface area contributed by atoms with Gasteiger partial charge in [-0.1, -0.05) is 11.6 Å². The number of hydrogen-bond acceptors (Lipinski definition) is 7. The van der Waals surface area contributed by atoms with Gasteiger partial charge >= 0.3 is 0 Å². The molecular formula is C31H35ClF2N6O6. The third-order valence-corrected chi connectivity index (χ3v) is 8.35. The first-order valence-electron chi connectivity index (χ1n) is 14.6. The molecule has 2 aromatic carbocycles. The Morgan fingerprint density at radius 1 is 1.07 bits per heavy atom. The third-order valence-electron chi connectivity index (χ3n) is 8.04. The van der Waals surface area contributed by atoms with E-state index in [-0.39, 0.29) is 63.7 Å². The Morgan fingerprint density at radius 3 is 2.37 bits per heavy atom. The lowest BCUT2D eigenvalue weighted by Crippen LogP contribution is -2.49. The van der Waals surface area contributed by atoms with Crippen molar-refractivity contribution >= 4 is 41.5 Å². The van der Waals surface area contributed by atoms with E-state index in [1.807, 2.05) is 4.90 Å². The average molecular weight is 661 g/mol. The summed E-state index contributed by atoms with van der Waals surface area (Å²) in [6.07, 6.45) is 4.31. The second-order valence-electron chi connectivity index (χ2n) is 10.8. The van der Waals surface area contributed by atoms with E-state index in [0.717, 1.165) is 25.9 Å². The molecule has 4 N–H and O–H groups in total. The number of anilines is 1. The molecule has 15 heteroatoms. The zero-order valence-corrected chi connectivity index (χ0v) is 26.1. The number of carbonyl (C=O) groups is 4. The van der Waals surface area contributed by atoms with Gasteiger partial charge in [0.15, 0.2) is 17.4 Å². The van der Waals surface area contributed by atoms with Crippen molar-refractivity contribution in [2.75, 3.05) is 38.6 Å². The number of hydrogen-bond donors (Lipinski definition) is 4. The Labute approximate surface area is 269 Å². The minimum Gasteiger partial charge on any atom is -0.494 e. The van der Waals surface area contributed by atoms with Crippen LogP contribution in [-0.2, 0) is 16.6 Å². The number of halogens is 3. The number of piperidine rings is 2. The van der Waals surface area contributed by atoms with Crippen LogP contribution in [0.3, 0.4) is 0 Å². The summed E-state index contributed by atoms with van der Waals surface area (Å²) in [6, 6.07) is 7.07. The Bertz CT molecular complexity index is 1590. The molecule has 0 atom stereocenters. The van der Waals surface area contributed by atoms with Gasteiger partial charge in [-0.05, 0) is 69.1 Å². The second kappa shape index (κ2) is 15.6. The van der Waals surface area contributed by atoms with Crippen LogP contribution in [0.1, 0.15) is 46.7 Å². The number of likely N-dealkylation sites (tertiary alicyclic amines) is 1. The van der Waals surface area contributed by atoms with Gasteiger partial charge in [0.05, 0.1) is 29.6 Å². The molecule has 2 aliphatic heterocycles. The first kappa shape index (κ1) is 34.3. The maximum Gasteiger partial charge on any atom is 0.291 e. The van der Waals surface area contributed by atoms with Crippen LogP contribution in [0.5, 0.6) is 5.75 Å². The number of nitrogens with one attached hydrogen (secondary N) is 3. The van der Waals surface area contributed by atoms with Crippen molar-refractivity contribution in [3.8, 4) is 17.0 Å². The van der Waals surface area contributed by atoms with E-state index in [2.05, 4.69) is 20.9 Å². The lowest BCUT2D eigenvalue weighted by atomic mass is 9.95. The lowest BCUT2D eigenvalue weighted by molar-refractivity contribution is -0.137. The average Bonchev–Trinajstić information content (AvgIpc) is 3.44. The number of benzene rings is 2. The second-order valence-corrected chi connectivity index (χ2v) is 11.2. The van der Waals surface area contributed by atoms with E-state index in [0.29, 0.717) is 31.6 Å². The summed E-state index contributed by atoms with van der Waals surface area (Å²) >= 11 is 6.42. The van der Waals surface area contributed by atoms with E-state index in [1.54, 1.807) is 6.07 Å². The molecule has 2 aliphatic rings. The highest BCUT2D eigenvalue weighted by Gasteiger charge is 2.30. The number of nitrogens with zero attached hydrogens (tertiary/aromatic N) is 3. The summed E-state index contributed by atoms with van der Waals surface area (Å²) in [5, 5.41) is 16.0. The van der Waals surface area contributed by atoms with Gasteiger partial charge in [0, 0.05) is 43.3 Å². The van der Waals surface area contributed by atoms with E-state index < -0.39 is 17.5 Å². The SMILES string of the molecule is COc1ccc(-c2cnc(C(=O)Nc3ccc(C(=O)NC4CCN(C(=O)C5CCNCC5)CC4)c(Cl)c3)n2C)c(F)c1F.O=CO. The molecule has 0 spiro atoms. The van der Waals surface area contributed by atoms with Crippen LogP contribution in [-0.4, -0.2) is 83.1 Å². The van der Waals surface area contributed by atoms with E-state index >= 15 is 0 Å². The van der Waals surface area contributed by atoms with Crippen molar-refractivity contribution in [2.24, 2.45) is 13.0 Å². The first-order chi connectivity index (χ1) is 22.1. The summed E-state index contributed by atoms with van der Waals surface area (Å²) in [5.41, 5.74) is 0.687. The van der Waals surface area contributed by atoms with Crippen molar-refractivity contribution < 1.29 is 37.8 Å². The zero-order chi connectivity index (χ0) is 33.4. The third kappa shape index (κ3) is 7.80. The highest BCUT2D eigenvalue weighted by Crippen LogP contribution is 2.30. The monoisotopic (exact) mass is 660 g/mol. The molecule has 12 nitrogen and oxygen atoms in total. The number of methoxy groups -OCH3 is 1. The van der Waals surface area contributed by atoms with Crippen LogP contribution >= 0.6 is 11.6 Å². The molecule has 2 fully saturated rings. The Balaban J connectivity index is 0.00000154. The van der Waals surface area contributed by atoms with Gasteiger partial charge in [-0.2, -0.15) is 4.39 Å². The van der Waals surface area contributed by atoms with E-state index in [9.17, 15) is 23.2 Å². The lowest BCUT2D eigenvalue weighted by Gasteiger charge is -2.35. The van der Waals surface area contributed by atoms with Crippen molar-refractivity contribution in [3.63, 3.8) is 0 Å². The number of rotatable bonds is 7. The fraction of sp³-hybridized carbons (Fsp3) is 0.387. The Kier molecular flexibility index (Phi) is 11.7. The van der Waals surface area contributed by atoms with Gasteiger partial charge in [0.25, 0.3) is 18.3 Å². The Hall–Kier alpha value is -4.56.